The van der Waals surface area contributed by atoms with Gasteiger partial charge in [0.15, 0.2) is 0 Å². The maximum absolute atomic E-state index is 12.4. The van der Waals surface area contributed by atoms with E-state index in [0.29, 0.717) is 5.69 Å². The van der Waals surface area contributed by atoms with Crippen LogP contribution in [0.3, 0.4) is 0 Å². The smallest absolute Gasteiger partial charge is 0.316 e. The van der Waals surface area contributed by atoms with Gasteiger partial charge < -0.3 is 5.11 Å². The Balaban J connectivity index is 2.27. The third-order valence-corrected chi connectivity index (χ3v) is 4.95. The maximum Gasteiger partial charge on any atom is 0.316 e. The Hall–Kier alpha value is -1.82. The molecule has 2 rings (SSSR count). The molecule has 2 unspecified atom stereocenters. The van der Waals surface area contributed by atoms with Crippen LogP contribution in [0, 0.1) is 13.8 Å². The molecule has 0 saturated carbocycles. The molecular weight excluding hydrogens is 290 g/mol. The average molecular weight is 307 g/mol. The summed E-state index contributed by atoms with van der Waals surface area (Å²) in [5.41, 5.74) is 2.48. The summed E-state index contributed by atoms with van der Waals surface area (Å²) >= 11 is 1.02. The van der Waals surface area contributed by atoms with Gasteiger partial charge in [-0.1, -0.05) is 12.1 Å². The van der Waals surface area contributed by atoms with E-state index >= 15 is 0 Å². The zero-order chi connectivity index (χ0) is 15.7. The molecule has 2 atom stereocenters. The number of hydrogen-bond donors (Lipinski definition) is 1. The number of rotatable bonds is 4. The van der Waals surface area contributed by atoms with Gasteiger partial charge in [0.2, 0.25) is 11.8 Å². The molecule has 21 heavy (non-hydrogen) atoms. The first-order chi connectivity index (χ1) is 9.82. The Morgan fingerprint density at radius 3 is 2.67 bits per heavy atom. The number of hydrogen-bond acceptors (Lipinski definition) is 4. The van der Waals surface area contributed by atoms with E-state index in [1.807, 2.05) is 19.9 Å². The molecule has 2 amide bonds. The minimum Gasteiger partial charge on any atom is -0.480 e. The zero-order valence-corrected chi connectivity index (χ0v) is 12.9. The number of thioether (sulfide) groups is 1. The van der Waals surface area contributed by atoms with Crippen molar-refractivity contribution >= 4 is 35.2 Å². The second-order valence-corrected chi connectivity index (χ2v) is 6.64. The Morgan fingerprint density at radius 2 is 2.05 bits per heavy atom. The molecule has 1 aliphatic heterocycles. The van der Waals surface area contributed by atoms with Gasteiger partial charge >= 0.3 is 5.97 Å². The number of aryl methyl sites for hydroxylation is 1. The third kappa shape index (κ3) is 2.95. The van der Waals surface area contributed by atoms with E-state index in [0.717, 1.165) is 22.9 Å². The molecule has 112 valence electrons. The largest absolute Gasteiger partial charge is 0.480 e. The van der Waals surface area contributed by atoms with E-state index in [-0.39, 0.29) is 18.2 Å². The minimum atomic E-state index is -0.981. The topological polar surface area (TPSA) is 74.7 Å². The number of amides is 2. The summed E-state index contributed by atoms with van der Waals surface area (Å²) in [6.45, 7) is 5.31. The second-order valence-electron chi connectivity index (χ2n) is 5.10. The number of aliphatic carboxylic acids is 1. The van der Waals surface area contributed by atoms with Crippen molar-refractivity contribution in [2.75, 3.05) is 4.90 Å². The normalized spacial score (nSPS) is 20.0. The molecule has 1 fully saturated rings. The molecule has 6 heteroatoms. The first-order valence-corrected chi connectivity index (χ1v) is 7.58. The zero-order valence-electron chi connectivity index (χ0n) is 12.1. The van der Waals surface area contributed by atoms with Crippen molar-refractivity contribution in [1.29, 1.82) is 0 Å². The quantitative estimate of drug-likeness (QED) is 0.863. The fourth-order valence-corrected chi connectivity index (χ4v) is 3.32. The van der Waals surface area contributed by atoms with Crippen LogP contribution >= 0.6 is 11.8 Å². The molecule has 0 aliphatic carbocycles. The molecule has 1 aromatic carbocycles. The Kier molecular flexibility index (Phi) is 4.37. The van der Waals surface area contributed by atoms with Crippen molar-refractivity contribution in [3.63, 3.8) is 0 Å². The fraction of sp³-hybridized carbons (Fsp3) is 0.400. The minimum absolute atomic E-state index is 0.0501. The number of carbonyl (C=O) groups excluding carboxylic acids is 2. The SMILES string of the molecule is Cc1cccc(N2C(=O)CC(SC(C)C(=O)O)C2=O)c1C. The summed E-state index contributed by atoms with van der Waals surface area (Å²) in [5, 5.41) is 7.59. The molecule has 1 N–H and O–H groups in total. The van der Waals surface area contributed by atoms with E-state index in [4.69, 9.17) is 5.11 Å². The standard InChI is InChI=1S/C15H17NO4S/c1-8-5-4-6-11(9(8)2)16-13(17)7-12(14(16)18)21-10(3)15(19)20/h4-6,10,12H,7H2,1-3H3,(H,19,20). The van der Waals surface area contributed by atoms with E-state index in [1.54, 1.807) is 12.1 Å². The first kappa shape index (κ1) is 15.6. The Bertz CT molecular complexity index is 614. The van der Waals surface area contributed by atoms with Crippen molar-refractivity contribution in [2.24, 2.45) is 0 Å². The molecule has 0 spiro atoms. The molecule has 0 aromatic heterocycles. The summed E-state index contributed by atoms with van der Waals surface area (Å²) in [5.74, 6) is -1.58. The van der Waals surface area contributed by atoms with Crippen LogP contribution in [0.5, 0.6) is 0 Å². The number of carbonyl (C=O) groups is 3. The number of nitrogens with zero attached hydrogens (tertiary/aromatic N) is 1. The van der Waals surface area contributed by atoms with Gasteiger partial charge in [-0.05, 0) is 38.0 Å². The highest BCUT2D eigenvalue weighted by molar-refractivity contribution is 8.01. The number of carboxylic acid groups (broad SMARTS) is 1. The van der Waals surface area contributed by atoms with Crippen LogP contribution in [0.15, 0.2) is 18.2 Å². The van der Waals surface area contributed by atoms with Crippen molar-refractivity contribution in [1.82, 2.24) is 0 Å². The molecule has 1 aliphatic rings. The first-order valence-electron chi connectivity index (χ1n) is 6.64. The Labute approximate surface area is 127 Å². The van der Waals surface area contributed by atoms with Crippen LogP contribution in [0.4, 0.5) is 5.69 Å². The summed E-state index contributed by atoms with van der Waals surface area (Å²) < 4.78 is 0. The van der Waals surface area contributed by atoms with Crippen molar-refractivity contribution in [2.45, 2.75) is 37.7 Å². The van der Waals surface area contributed by atoms with E-state index in [9.17, 15) is 14.4 Å². The molecule has 1 heterocycles. The average Bonchev–Trinajstić information content (AvgIpc) is 2.68. The monoisotopic (exact) mass is 307 g/mol. The van der Waals surface area contributed by atoms with E-state index < -0.39 is 16.5 Å². The van der Waals surface area contributed by atoms with Crippen LogP contribution in [-0.2, 0) is 14.4 Å². The van der Waals surface area contributed by atoms with Gasteiger partial charge in [0.25, 0.3) is 0 Å². The lowest BCUT2D eigenvalue weighted by molar-refractivity contribution is -0.136. The lowest BCUT2D eigenvalue weighted by Gasteiger charge is -2.19. The van der Waals surface area contributed by atoms with Crippen LogP contribution in [-0.4, -0.2) is 33.4 Å². The molecule has 0 bridgehead atoms. The van der Waals surface area contributed by atoms with Crippen molar-refractivity contribution in [3.8, 4) is 0 Å². The summed E-state index contributed by atoms with van der Waals surface area (Å²) in [6, 6.07) is 5.47. The predicted molar refractivity (Wildman–Crippen MR) is 81.5 cm³/mol. The van der Waals surface area contributed by atoms with Gasteiger partial charge in [-0.15, -0.1) is 11.8 Å². The van der Waals surface area contributed by atoms with Crippen LogP contribution in [0.1, 0.15) is 24.5 Å². The number of benzene rings is 1. The van der Waals surface area contributed by atoms with E-state index in [2.05, 4.69) is 0 Å². The van der Waals surface area contributed by atoms with Gasteiger partial charge in [-0.2, -0.15) is 0 Å². The lowest BCUT2D eigenvalue weighted by atomic mass is 10.1. The molecular formula is C15H17NO4S. The molecule has 0 radical (unpaired) electrons. The third-order valence-electron chi connectivity index (χ3n) is 3.64. The number of anilines is 1. The number of imide groups is 1. The van der Waals surface area contributed by atoms with Crippen molar-refractivity contribution < 1.29 is 19.5 Å². The van der Waals surface area contributed by atoms with Gasteiger partial charge in [0.1, 0.15) is 5.25 Å². The van der Waals surface area contributed by atoms with E-state index in [1.165, 1.54) is 11.8 Å². The van der Waals surface area contributed by atoms with Gasteiger partial charge in [0.05, 0.1) is 10.9 Å². The second kappa shape index (κ2) is 5.89. The number of carboxylic acids is 1. The fourth-order valence-electron chi connectivity index (χ4n) is 2.25. The summed E-state index contributed by atoms with van der Waals surface area (Å²) in [6.07, 6.45) is 0.0501. The van der Waals surface area contributed by atoms with Gasteiger partial charge in [-0.25, -0.2) is 4.90 Å². The van der Waals surface area contributed by atoms with Crippen LogP contribution in [0.25, 0.3) is 0 Å². The van der Waals surface area contributed by atoms with Crippen LogP contribution in [0.2, 0.25) is 0 Å². The van der Waals surface area contributed by atoms with Crippen molar-refractivity contribution in [3.05, 3.63) is 29.3 Å². The van der Waals surface area contributed by atoms with Gasteiger partial charge in [0, 0.05) is 6.42 Å². The molecule has 1 saturated heterocycles. The van der Waals surface area contributed by atoms with Crippen LogP contribution < -0.4 is 4.90 Å². The molecule has 5 nitrogen and oxygen atoms in total. The summed E-state index contributed by atoms with van der Waals surface area (Å²) in [4.78, 5) is 36.7. The Morgan fingerprint density at radius 1 is 1.38 bits per heavy atom. The summed E-state index contributed by atoms with van der Waals surface area (Å²) in [7, 11) is 0. The lowest BCUT2D eigenvalue weighted by Crippen LogP contribution is -2.32. The highest BCUT2D eigenvalue weighted by atomic mass is 32.2. The maximum atomic E-state index is 12.4. The highest BCUT2D eigenvalue weighted by Gasteiger charge is 2.41. The predicted octanol–water partition coefficient (Wildman–Crippen LogP) is 2.14. The highest BCUT2D eigenvalue weighted by Crippen LogP contribution is 2.33. The molecule has 1 aromatic rings. The van der Waals surface area contributed by atoms with Gasteiger partial charge in [-0.3, -0.25) is 14.4 Å².